The minimum atomic E-state index is -4.83. The summed E-state index contributed by atoms with van der Waals surface area (Å²) in [4.78, 5) is 11.6. The minimum absolute atomic E-state index is 0.0123. The second kappa shape index (κ2) is 9.99. The number of alkyl halides is 5. The zero-order chi connectivity index (χ0) is 26.9. The fourth-order valence-corrected chi connectivity index (χ4v) is 4.64. The van der Waals surface area contributed by atoms with E-state index in [-0.39, 0.29) is 42.8 Å². The van der Waals surface area contributed by atoms with Crippen LogP contribution in [0.15, 0.2) is 29.3 Å². The number of hydrogen-bond donors (Lipinski definition) is 1. The van der Waals surface area contributed by atoms with Crippen LogP contribution >= 0.6 is 0 Å². The molecule has 0 radical (unpaired) electrons. The molecule has 0 fully saturated rings. The molecule has 0 bridgehead atoms. The van der Waals surface area contributed by atoms with Crippen LogP contribution in [0.1, 0.15) is 20.8 Å². The van der Waals surface area contributed by atoms with Crippen molar-refractivity contribution >= 4 is 27.5 Å². The maximum absolute atomic E-state index is 13.5. The Morgan fingerprint density at radius 1 is 1.28 bits per heavy atom. The maximum atomic E-state index is 13.5. The number of aromatic nitrogens is 2. The lowest BCUT2D eigenvalue weighted by Crippen LogP contribution is -2.44. The van der Waals surface area contributed by atoms with Gasteiger partial charge >= 0.3 is 12.3 Å². The van der Waals surface area contributed by atoms with Crippen LogP contribution in [0.5, 0.6) is 11.6 Å². The standard InChI is InChI=1S/C20H23F5N4O6S/c1-4-33-17-15(10-28(27-17)11-16(21)22)36(31,32)29-7-8-34-14-6-5-12(9-13(14)29)26-18(30)35-19(2,3)20(23,24)25/h5-6,9-10,16H,4,7-8,11H2,1-3H3,(H,26,30). The predicted octanol–water partition coefficient (Wildman–Crippen LogP) is 4.02. The van der Waals surface area contributed by atoms with Gasteiger partial charge in [-0.3, -0.25) is 14.3 Å². The lowest BCUT2D eigenvalue weighted by Gasteiger charge is -2.31. The van der Waals surface area contributed by atoms with Crippen molar-refractivity contribution in [1.29, 1.82) is 0 Å². The Kier molecular flexibility index (Phi) is 7.57. The molecule has 16 heteroatoms. The summed E-state index contributed by atoms with van der Waals surface area (Å²) in [5, 5.41) is 5.91. The highest BCUT2D eigenvalue weighted by molar-refractivity contribution is 7.93. The number of rotatable bonds is 8. The van der Waals surface area contributed by atoms with Gasteiger partial charge in [-0.15, -0.1) is 5.10 Å². The first-order valence-corrected chi connectivity index (χ1v) is 11.9. The molecule has 1 amide bonds. The molecular weight excluding hydrogens is 519 g/mol. The molecule has 200 valence electrons. The van der Waals surface area contributed by atoms with Gasteiger partial charge in [-0.1, -0.05) is 0 Å². The second-order valence-corrected chi connectivity index (χ2v) is 9.81. The summed E-state index contributed by atoms with van der Waals surface area (Å²) in [7, 11) is -4.43. The molecule has 1 aromatic carbocycles. The zero-order valence-electron chi connectivity index (χ0n) is 19.3. The average Bonchev–Trinajstić information content (AvgIpc) is 3.14. The number of amides is 1. The van der Waals surface area contributed by atoms with Gasteiger partial charge in [-0.25, -0.2) is 22.0 Å². The normalized spacial score (nSPS) is 14.3. The Labute approximate surface area is 203 Å². The molecule has 0 spiro atoms. The number of fused-ring (bicyclic) bond motifs is 1. The smallest absolute Gasteiger partial charge is 0.427 e. The number of halogens is 5. The predicted molar refractivity (Wildman–Crippen MR) is 116 cm³/mol. The summed E-state index contributed by atoms with van der Waals surface area (Å²) >= 11 is 0. The van der Waals surface area contributed by atoms with Crippen molar-refractivity contribution in [2.45, 2.75) is 50.4 Å². The molecule has 1 aliphatic heterocycles. The molecule has 0 saturated heterocycles. The van der Waals surface area contributed by atoms with E-state index in [1.165, 1.54) is 12.1 Å². The molecule has 1 aromatic heterocycles. The molecule has 1 aliphatic rings. The number of nitrogens with zero attached hydrogens (tertiary/aromatic N) is 3. The summed E-state index contributed by atoms with van der Waals surface area (Å²) < 4.78 is 108. The van der Waals surface area contributed by atoms with E-state index in [0.29, 0.717) is 13.8 Å². The minimum Gasteiger partial charge on any atom is -0.489 e. The number of nitrogens with one attached hydrogen (secondary N) is 1. The zero-order valence-corrected chi connectivity index (χ0v) is 20.1. The fraction of sp³-hybridized carbons (Fsp3) is 0.500. The van der Waals surface area contributed by atoms with E-state index in [1.54, 1.807) is 6.92 Å². The van der Waals surface area contributed by atoms with Crippen molar-refractivity contribution in [2.75, 3.05) is 29.4 Å². The highest BCUT2D eigenvalue weighted by atomic mass is 32.2. The second-order valence-electron chi connectivity index (χ2n) is 7.98. The van der Waals surface area contributed by atoms with Gasteiger partial charge in [0.05, 0.1) is 18.8 Å². The Morgan fingerprint density at radius 2 is 1.97 bits per heavy atom. The van der Waals surface area contributed by atoms with E-state index >= 15 is 0 Å². The quantitative estimate of drug-likeness (QED) is 0.502. The number of ether oxygens (including phenoxy) is 3. The Balaban J connectivity index is 1.93. The van der Waals surface area contributed by atoms with E-state index in [2.05, 4.69) is 15.2 Å². The van der Waals surface area contributed by atoms with Crippen LogP contribution in [0.2, 0.25) is 0 Å². The van der Waals surface area contributed by atoms with Crippen LogP contribution in [0, 0.1) is 0 Å². The van der Waals surface area contributed by atoms with Crippen molar-refractivity contribution in [1.82, 2.24) is 9.78 Å². The molecular formula is C20H23F5N4O6S. The Morgan fingerprint density at radius 3 is 2.58 bits per heavy atom. The monoisotopic (exact) mass is 542 g/mol. The lowest BCUT2D eigenvalue weighted by molar-refractivity contribution is -0.242. The van der Waals surface area contributed by atoms with Gasteiger partial charge in [-0.05, 0) is 39.0 Å². The average molecular weight is 542 g/mol. The van der Waals surface area contributed by atoms with E-state index in [4.69, 9.17) is 9.47 Å². The van der Waals surface area contributed by atoms with Gasteiger partial charge in [0, 0.05) is 11.9 Å². The van der Waals surface area contributed by atoms with Crippen LogP contribution < -0.4 is 19.1 Å². The van der Waals surface area contributed by atoms with Crippen LogP contribution in [0.4, 0.5) is 38.1 Å². The third kappa shape index (κ3) is 5.74. The van der Waals surface area contributed by atoms with Gasteiger partial charge in [0.15, 0.2) is 4.90 Å². The third-order valence-electron chi connectivity index (χ3n) is 4.93. The van der Waals surface area contributed by atoms with E-state index in [1.807, 2.05) is 0 Å². The summed E-state index contributed by atoms with van der Waals surface area (Å²) in [6.45, 7) is 1.80. The number of sulfonamides is 1. The number of anilines is 2. The lowest BCUT2D eigenvalue weighted by atomic mass is 10.1. The summed E-state index contributed by atoms with van der Waals surface area (Å²) in [6.07, 6.45) is -8.13. The first-order chi connectivity index (χ1) is 16.7. The molecule has 0 atom stereocenters. The number of benzene rings is 1. The molecule has 2 aromatic rings. The van der Waals surface area contributed by atoms with Crippen LogP contribution in [0.3, 0.4) is 0 Å². The highest BCUT2D eigenvalue weighted by Crippen LogP contribution is 2.39. The van der Waals surface area contributed by atoms with Gasteiger partial charge < -0.3 is 14.2 Å². The molecule has 3 rings (SSSR count). The van der Waals surface area contributed by atoms with Crippen molar-refractivity contribution in [3.63, 3.8) is 0 Å². The van der Waals surface area contributed by atoms with Crippen molar-refractivity contribution in [2.24, 2.45) is 0 Å². The third-order valence-corrected chi connectivity index (χ3v) is 6.72. The summed E-state index contributed by atoms with van der Waals surface area (Å²) in [5.41, 5.74) is -2.92. The van der Waals surface area contributed by atoms with Gasteiger partial charge in [0.2, 0.25) is 5.60 Å². The summed E-state index contributed by atoms with van der Waals surface area (Å²) in [5.74, 6) is -0.282. The van der Waals surface area contributed by atoms with Gasteiger partial charge in [-0.2, -0.15) is 13.2 Å². The molecule has 36 heavy (non-hydrogen) atoms. The molecule has 0 saturated carbocycles. The first-order valence-electron chi connectivity index (χ1n) is 10.5. The SMILES string of the molecule is CCOc1nn(CC(F)F)cc1S(=O)(=O)N1CCOc2ccc(NC(=O)OC(C)(C)C(F)(F)F)cc21. The first kappa shape index (κ1) is 27.3. The van der Waals surface area contributed by atoms with Crippen LogP contribution in [0.25, 0.3) is 0 Å². The Hall–Kier alpha value is -3.30. The van der Waals surface area contributed by atoms with Crippen LogP contribution in [-0.4, -0.2) is 62.3 Å². The van der Waals surface area contributed by atoms with Crippen LogP contribution in [-0.2, 0) is 21.3 Å². The molecule has 1 N–H and O–H groups in total. The number of carbonyl (C=O) groups is 1. The van der Waals surface area contributed by atoms with Crippen molar-refractivity contribution < 1.29 is 49.4 Å². The number of hydrogen-bond acceptors (Lipinski definition) is 7. The fourth-order valence-electron chi connectivity index (χ4n) is 3.11. The largest absolute Gasteiger partial charge is 0.489 e. The maximum Gasteiger partial charge on any atom is 0.427 e. The molecule has 0 unspecified atom stereocenters. The van der Waals surface area contributed by atoms with E-state index in [9.17, 15) is 35.2 Å². The van der Waals surface area contributed by atoms with E-state index in [0.717, 1.165) is 21.3 Å². The van der Waals surface area contributed by atoms with Gasteiger partial charge in [0.25, 0.3) is 22.3 Å². The number of carbonyl (C=O) groups excluding carboxylic acids is 1. The van der Waals surface area contributed by atoms with Crippen molar-refractivity contribution in [3.05, 3.63) is 24.4 Å². The highest BCUT2D eigenvalue weighted by Gasteiger charge is 2.51. The van der Waals surface area contributed by atoms with Gasteiger partial charge in [0.1, 0.15) is 18.9 Å². The Bertz CT molecular complexity index is 1220. The topological polar surface area (TPSA) is 112 Å². The molecule has 2 heterocycles. The molecule has 10 nitrogen and oxygen atoms in total. The van der Waals surface area contributed by atoms with E-state index < -0.39 is 45.8 Å². The molecule has 0 aliphatic carbocycles. The summed E-state index contributed by atoms with van der Waals surface area (Å²) in [6, 6.07) is 3.76. The van der Waals surface area contributed by atoms with Crippen molar-refractivity contribution in [3.8, 4) is 11.6 Å².